The first-order chi connectivity index (χ1) is 24.5. The zero-order chi connectivity index (χ0) is 33.5. The van der Waals surface area contributed by atoms with Gasteiger partial charge in [-0.25, -0.2) is 0 Å². The Bertz CT molecular complexity index is 3150. The second-order valence-electron chi connectivity index (χ2n) is 13.0. The second-order valence-corrected chi connectivity index (χ2v) is 13.0. The summed E-state index contributed by atoms with van der Waals surface area (Å²) < 4.78 is 0. The molecule has 0 saturated carbocycles. The van der Waals surface area contributed by atoms with E-state index in [0.29, 0.717) is 5.56 Å². The van der Waals surface area contributed by atoms with Crippen LogP contribution >= 0.6 is 0 Å². The van der Waals surface area contributed by atoms with Gasteiger partial charge in [0.1, 0.15) is 0 Å². The summed E-state index contributed by atoms with van der Waals surface area (Å²) in [5.74, 6) is 0. The molecule has 4 N–H and O–H groups in total. The van der Waals surface area contributed by atoms with E-state index < -0.39 is 0 Å². The minimum absolute atomic E-state index is 0.0828. The molecule has 4 aromatic heterocycles. The molecule has 0 fully saturated rings. The predicted molar refractivity (Wildman–Crippen MR) is 202 cm³/mol. The Morgan fingerprint density at radius 1 is 0.500 bits per heavy atom. The van der Waals surface area contributed by atoms with Crippen molar-refractivity contribution in [3.8, 4) is 0 Å². The number of nitro benzene ring substituents is 1. The summed E-state index contributed by atoms with van der Waals surface area (Å²) in [6.45, 7) is 1.78. The number of hydrogen-bond donors (Lipinski definition) is 4. The summed E-state index contributed by atoms with van der Waals surface area (Å²) in [6.07, 6.45) is 6.56. The van der Waals surface area contributed by atoms with Crippen LogP contribution < -0.4 is 21.4 Å². The van der Waals surface area contributed by atoms with Crippen LogP contribution in [-0.2, 0) is 0 Å². The quantitative estimate of drug-likeness (QED) is 0.121. The third kappa shape index (κ3) is 4.17. The molecule has 0 amide bonds. The molecule has 0 saturated heterocycles. The summed E-state index contributed by atoms with van der Waals surface area (Å²) in [5, 5.41) is 24.7. The van der Waals surface area contributed by atoms with Crippen LogP contribution in [0.3, 0.4) is 0 Å². The number of fused-ring (bicyclic) bond motifs is 20. The van der Waals surface area contributed by atoms with Crippen molar-refractivity contribution < 1.29 is 4.92 Å². The van der Waals surface area contributed by atoms with Gasteiger partial charge in [0.05, 0.1) is 16.0 Å². The Labute approximate surface area is 284 Å². The van der Waals surface area contributed by atoms with Gasteiger partial charge in [0.25, 0.3) is 5.69 Å². The fourth-order valence-corrected chi connectivity index (χ4v) is 7.76. The molecule has 0 unspecified atom stereocenters. The summed E-state index contributed by atoms with van der Waals surface area (Å²) in [7, 11) is 0. The van der Waals surface area contributed by atoms with E-state index in [0.717, 1.165) is 98.4 Å². The van der Waals surface area contributed by atoms with Crippen LogP contribution in [0.1, 0.15) is 33.9 Å². The molecule has 0 atom stereocenters. The molecule has 0 spiro atoms. The topological polar surface area (TPSA) is 106 Å². The van der Waals surface area contributed by atoms with Gasteiger partial charge in [-0.15, -0.1) is 0 Å². The molecule has 8 bridgehead atoms. The third-order valence-electron chi connectivity index (χ3n) is 10.1. The van der Waals surface area contributed by atoms with Gasteiger partial charge in [0.2, 0.25) is 0 Å². The summed E-state index contributed by atoms with van der Waals surface area (Å²) in [5.41, 5.74) is 6.12. The summed E-state index contributed by atoms with van der Waals surface area (Å²) in [6, 6.07) is 39.1. The Morgan fingerprint density at radius 2 is 0.960 bits per heavy atom. The number of nitrogens with zero attached hydrogens (tertiary/aromatic N) is 1. The molecule has 50 heavy (non-hydrogen) atoms. The SMILES string of the molecule is Cc1ccc(C2=c3[nH]c(c4ccccc34)=Cc3[nH]c(c4ccccc34)C=c3[nH]c(c4ccccc34)=Cc3[nH]c2c2ccccc32)cc1[N+](=O)[O-]. The van der Waals surface area contributed by atoms with Gasteiger partial charge in [0, 0.05) is 93.4 Å². The number of H-pyrrole nitrogens is 4. The number of nitro groups is 1. The van der Waals surface area contributed by atoms with Crippen molar-refractivity contribution in [1.82, 2.24) is 19.9 Å². The van der Waals surface area contributed by atoms with E-state index >= 15 is 0 Å². The molecular formula is C43H29N5O2. The first kappa shape index (κ1) is 28.2. The van der Waals surface area contributed by atoms with Crippen molar-refractivity contribution >= 4 is 72.6 Å². The number of aromatic amines is 4. The zero-order valence-corrected chi connectivity index (χ0v) is 27.0. The normalized spacial score (nSPS) is 12.7. The highest BCUT2D eigenvalue weighted by Crippen LogP contribution is 2.33. The lowest BCUT2D eigenvalue weighted by Crippen LogP contribution is -2.16. The van der Waals surface area contributed by atoms with Gasteiger partial charge in [-0.2, -0.15) is 0 Å². The number of nitrogens with one attached hydrogen (secondary N) is 4. The van der Waals surface area contributed by atoms with E-state index in [1.165, 1.54) is 0 Å². The highest BCUT2D eigenvalue weighted by atomic mass is 16.6. The van der Waals surface area contributed by atoms with Crippen LogP contribution in [0, 0.1) is 17.0 Å². The molecule has 10 rings (SSSR count). The number of benzene rings is 5. The molecule has 0 aliphatic carbocycles. The molecule has 1 aliphatic heterocycles. The maximum absolute atomic E-state index is 12.3. The van der Waals surface area contributed by atoms with Crippen LogP contribution in [0.25, 0.3) is 66.9 Å². The highest BCUT2D eigenvalue weighted by molar-refractivity contribution is 6.03. The largest absolute Gasteiger partial charge is 0.354 e. The third-order valence-corrected chi connectivity index (χ3v) is 10.1. The lowest BCUT2D eigenvalue weighted by molar-refractivity contribution is -0.385. The van der Waals surface area contributed by atoms with E-state index in [-0.39, 0.29) is 10.6 Å². The van der Waals surface area contributed by atoms with Gasteiger partial charge < -0.3 is 19.9 Å². The fraction of sp³-hybridized carbons (Fsp3) is 0.0233. The average Bonchev–Trinajstić information content (AvgIpc) is 3.88. The van der Waals surface area contributed by atoms with Crippen LogP contribution in [-0.4, -0.2) is 24.9 Å². The molecule has 5 heterocycles. The average molecular weight is 648 g/mol. The first-order valence-electron chi connectivity index (χ1n) is 16.6. The van der Waals surface area contributed by atoms with Crippen molar-refractivity contribution in [3.05, 3.63) is 181 Å². The Hall–Kier alpha value is -6.86. The second kappa shape index (κ2) is 10.6. The lowest BCUT2D eigenvalue weighted by atomic mass is 9.96. The van der Waals surface area contributed by atoms with Crippen LogP contribution in [0.15, 0.2) is 115 Å². The van der Waals surface area contributed by atoms with E-state index in [9.17, 15) is 10.1 Å². The van der Waals surface area contributed by atoms with Gasteiger partial charge in [-0.1, -0.05) is 109 Å². The number of rotatable bonds is 2. The van der Waals surface area contributed by atoms with Crippen LogP contribution in [0.4, 0.5) is 5.69 Å². The maximum atomic E-state index is 12.3. The van der Waals surface area contributed by atoms with Gasteiger partial charge in [-0.3, -0.25) is 10.1 Å². The van der Waals surface area contributed by atoms with E-state index in [4.69, 9.17) is 0 Å². The number of hydrogen-bond acceptors (Lipinski definition) is 2. The number of aromatic nitrogens is 4. The molecule has 238 valence electrons. The van der Waals surface area contributed by atoms with Gasteiger partial charge in [0.15, 0.2) is 0 Å². The minimum atomic E-state index is -0.300. The smallest absolute Gasteiger partial charge is 0.272 e. The lowest BCUT2D eigenvalue weighted by Gasteiger charge is -2.09. The molecule has 5 aromatic carbocycles. The predicted octanol–water partition coefficient (Wildman–Crippen LogP) is 6.88. The Kier molecular flexibility index (Phi) is 5.96. The van der Waals surface area contributed by atoms with E-state index in [1.807, 2.05) is 36.4 Å². The van der Waals surface area contributed by atoms with Gasteiger partial charge >= 0.3 is 0 Å². The molecule has 0 radical (unpaired) electrons. The monoisotopic (exact) mass is 647 g/mol. The van der Waals surface area contributed by atoms with Crippen LogP contribution in [0.5, 0.6) is 0 Å². The van der Waals surface area contributed by atoms with E-state index in [1.54, 1.807) is 13.0 Å². The fourth-order valence-electron chi connectivity index (χ4n) is 7.76. The Balaban J connectivity index is 1.46. The minimum Gasteiger partial charge on any atom is -0.354 e. The standard InChI is InChI=1S/C43H29N5O2/c1-24-18-19-25(20-40(24)48(49)50)41-42-32-16-8-6-14-30(32)38(46-42)22-36-28-12-4-2-10-26(28)34(44-36)21-35-27-11-3-5-13-29(27)37(45-35)23-39-31-15-7-9-17-33(31)43(41)47-39/h2-23,44-47H,1H3. The van der Waals surface area contributed by atoms with Crippen molar-refractivity contribution in [1.29, 1.82) is 0 Å². The Morgan fingerprint density at radius 3 is 1.54 bits per heavy atom. The summed E-state index contributed by atoms with van der Waals surface area (Å²) >= 11 is 0. The van der Waals surface area contributed by atoms with Crippen molar-refractivity contribution in [2.24, 2.45) is 0 Å². The number of aryl methyl sites for hydroxylation is 1. The molecule has 7 heteroatoms. The van der Waals surface area contributed by atoms with Crippen LogP contribution in [0.2, 0.25) is 0 Å². The van der Waals surface area contributed by atoms with E-state index in [2.05, 4.69) is 111 Å². The molecule has 1 aliphatic rings. The zero-order valence-electron chi connectivity index (χ0n) is 27.0. The molecular weight excluding hydrogens is 619 g/mol. The van der Waals surface area contributed by atoms with Crippen molar-refractivity contribution in [2.45, 2.75) is 6.92 Å². The molecule has 9 aromatic rings. The highest BCUT2D eigenvalue weighted by Gasteiger charge is 2.21. The molecule has 7 nitrogen and oxygen atoms in total. The van der Waals surface area contributed by atoms with Crippen molar-refractivity contribution in [2.75, 3.05) is 0 Å². The van der Waals surface area contributed by atoms with Gasteiger partial charge in [-0.05, 0) is 30.7 Å². The first-order valence-corrected chi connectivity index (χ1v) is 16.6. The summed E-state index contributed by atoms with van der Waals surface area (Å²) in [4.78, 5) is 27.1. The maximum Gasteiger partial charge on any atom is 0.272 e. The van der Waals surface area contributed by atoms with Crippen molar-refractivity contribution in [3.63, 3.8) is 0 Å².